The molecule has 0 aromatic heterocycles. The molecule has 1 rings (SSSR count). The topological polar surface area (TPSA) is 20.2 Å². The minimum atomic E-state index is -0.132. The lowest BCUT2D eigenvalue weighted by atomic mass is 9.68. The highest BCUT2D eigenvalue weighted by Crippen LogP contribution is 2.41. The third kappa shape index (κ3) is 5.99. The van der Waals surface area contributed by atoms with Crippen LogP contribution in [-0.2, 0) is 0 Å². The van der Waals surface area contributed by atoms with Gasteiger partial charge in [-0.25, -0.2) is 0 Å². The van der Waals surface area contributed by atoms with Crippen LogP contribution in [-0.4, -0.2) is 11.2 Å². The first-order valence-corrected chi connectivity index (χ1v) is 8.96. The number of hydrogen-bond acceptors (Lipinski definition) is 1. The second-order valence-electron chi connectivity index (χ2n) is 7.20. The molecule has 0 fully saturated rings. The molecule has 0 aromatic rings. The maximum absolute atomic E-state index is 10.7. The molecule has 1 unspecified atom stereocenters. The van der Waals surface area contributed by atoms with E-state index in [0.717, 1.165) is 12.8 Å². The number of allylic oxidation sites excluding steroid dienone is 1. The Morgan fingerprint density at radius 2 is 1.80 bits per heavy atom. The Balaban J connectivity index is 2.38. The Bertz CT molecular complexity index is 269. The van der Waals surface area contributed by atoms with Gasteiger partial charge in [0.25, 0.3) is 0 Å². The molecule has 2 atom stereocenters. The highest BCUT2D eigenvalue weighted by Gasteiger charge is 2.36. The standard InChI is InChI=1S/C19H36O/c1-4-5-6-7-8-10-13-18(20)19(16-17(2)3)14-11-9-12-15-19/h11,14,17-18,20H,4-10,12-13,15-16H2,1-3H3/t18?,19-/m1/s1. The monoisotopic (exact) mass is 280 g/mol. The Morgan fingerprint density at radius 3 is 2.40 bits per heavy atom. The first-order valence-electron chi connectivity index (χ1n) is 8.96. The van der Waals surface area contributed by atoms with E-state index in [9.17, 15) is 5.11 Å². The molecule has 0 saturated heterocycles. The van der Waals surface area contributed by atoms with Gasteiger partial charge in [0.2, 0.25) is 0 Å². The number of unbranched alkanes of at least 4 members (excludes halogenated alkanes) is 5. The first kappa shape index (κ1) is 17.8. The third-order valence-electron chi connectivity index (χ3n) is 4.75. The van der Waals surface area contributed by atoms with Crippen LogP contribution in [0.3, 0.4) is 0 Å². The summed E-state index contributed by atoms with van der Waals surface area (Å²) in [6.45, 7) is 6.82. The van der Waals surface area contributed by atoms with Crippen molar-refractivity contribution in [1.82, 2.24) is 0 Å². The van der Waals surface area contributed by atoms with Crippen LogP contribution in [0.4, 0.5) is 0 Å². The van der Waals surface area contributed by atoms with Crippen molar-refractivity contribution in [3.63, 3.8) is 0 Å². The number of hydrogen-bond donors (Lipinski definition) is 1. The number of aliphatic hydroxyl groups is 1. The van der Waals surface area contributed by atoms with Crippen molar-refractivity contribution in [1.29, 1.82) is 0 Å². The van der Waals surface area contributed by atoms with E-state index in [-0.39, 0.29) is 11.5 Å². The van der Waals surface area contributed by atoms with E-state index < -0.39 is 0 Å². The summed E-state index contributed by atoms with van der Waals surface area (Å²) in [5, 5.41) is 10.7. The molecular weight excluding hydrogens is 244 g/mol. The van der Waals surface area contributed by atoms with Gasteiger partial charge in [-0.1, -0.05) is 71.4 Å². The van der Waals surface area contributed by atoms with E-state index in [0.29, 0.717) is 5.92 Å². The van der Waals surface area contributed by atoms with Crippen molar-refractivity contribution in [3.8, 4) is 0 Å². The molecule has 0 bridgehead atoms. The van der Waals surface area contributed by atoms with Crippen LogP contribution in [0.25, 0.3) is 0 Å². The predicted molar refractivity (Wildman–Crippen MR) is 88.9 cm³/mol. The van der Waals surface area contributed by atoms with Crippen LogP contribution in [0.15, 0.2) is 12.2 Å². The van der Waals surface area contributed by atoms with E-state index in [1.54, 1.807) is 0 Å². The average molecular weight is 280 g/mol. The fourth-order valence-corrected chi connectivity index (χ4v) is 3.70. The van der Waals surface area contributed by atoms with E-state index in [4.69, 9.17) is 0 Å². The van der Waals surface area contributed by atoms with Gasteiger partial charge in [0.1, 0.15) is 0 Å². The first-order chi connectivity index (χ1) is 9.60. The van der Waals surface area contributed by atoms with E-state index in [1.165, 1.54) is 57.8 Å². The molecule has 1 nitrogen and oxygen atoms in total. The molecule has 0 spiro atoms. The largest absolute Gasteiger partial charge is 0.392 e. The Morgan fingerprint density at radius 1 is 1.10 bits per heavy atom. The maximum atomic E-state index is 10.7. The van der Waals surface area contributed by atoms with Crippen molar-refractivity contribution >= 4 is 0 Å². The summed E-state index contributed by atoms with van der Waals surface area (Å²) in [5.74, 6) is 0.664. The Labute approximate surface area is 126 Å². The lowest BCUT2D eigenvalue weighted by molar-refractivity contribution is 0.0246. The Hall–Kier alpha value is -0.300. The fourth-order valence-electron chi connectivity index (χ4n) is 3.70. The number of aliphatic hydroxyl groups excluding tert-OH is 1. The van der Waals surface area contributed by atoms with Gasteiger partial charge in [-0.2, -0.15) is 0 Å². The zero-order valence-corrected chi connectivity index (χ0v) is 14.0. The Kier molecular flexibility index (Phi) is 8.52. The van der Waals surface area contributed by atoms with Crippen molar-refractivity contribution in [2.75, 3.05) is 0 Å². The normalized spacial score (nSPS) is 24.2. The summed E-state index contributed by atoms with van der Waals surface area (Å²) in [4.78, 5) is 0. The highest BCUT2D eigenvalue weighted by atomic mass is 16.3. The summed E-state index contributed by atoms with van der Waals surface area (Å²) >= 11 is 0. The smallest absolute Gasteiger partial charge is 0.0630 e. The minimum absolute atomic E-state index is 0.0792. The van der Waals surface area contributed by atoms with Crippen LogP contribution in [0.5, 0.6) is 0 Å². The van der Waals surface area contributed by atoms with E-state index in [2.05, 4.69) is 32.9 Å². The summed E-state index contributed by atoms with van der Waals surface area (Å²) in [5.41, 5.74) is 0.0792. The molecule has 0 aliphatic heterocycles. The highest BCUT2D eigenvalue weighted by molar-refractivity contribution is 5.07. The van der Waals surface area contributed by atoms with Crippen molar-refractivity contribution < 1.29 is 5.11 Å². The molecule has 0 radical (unpaired) electrons. The predicted octanol–water partition coefficient (Wildman–Crippen LogP) is 5.87. The summed E-state index contributed by atoms with van der Waals surface area (Å²) in [6.07, 6.45) is 18.1. The van der Waals surface area contributed by atoms with Gasteiger partial charge >= 0.3 is 0 Å². The van der Waals surface area contributed by atoms with E-state index in [1.807, 2.05) is 0 Å². The zero-order valence-electron chi connectivity index (χ0n) is 14.0. The molecular formula is C19H36O. The van der Waals surface area contributed by atoms with Gasteiger partial charge in [0.15, 0.2) is 0 Å². The summed E-state index contributed by atoms with van der Waals surface area (Å²) in [7, 11) is 0. The average Bonchev–Trinajstić information content (AvgIpc) is 2.42. The second kappa shape index (κ2) is 9.60. The molecule has 20 heavy (non-hydrogen) atoms. The van der Waals surface area contributed by atoms with Gasteiger partial charge in [-0.3, -0.25) is 0 Å². The van der Waals surface area contributed by atoms with Gasteiger partial charge in [0.05, 0.1) is 6.10 Å². The summed E-state index contributed by atoms with van der Waals surface area (Å²) in [6, 6.07) is 0. The third-order valence-corrected chi connectivity index (χ3v) is 4.75. The molecule has 118 valence electrons. The van der Waals surface area contributed by atoms with Crippen molar-refractivity contribution in [2.24, 2.45) is 11.3 Å². The van der Waals surface area contributed by atoms with Crippen LogP contribution >= 0.6 is 0 Å². The van der Waals surface area contributed by atoms with Gasteiger partial charge in [0, 0.05) is 5.41 Å². The number of rotatable bonds is 10. The van der Waals surface area contributed by atoms with Crippen LogP contribution in [0.2, 0.25) is 0 Å². The van der Waals surface area contributed by atoms with Crippen molar-refractivity contribution in [2.45, 2.75) is 97.5 Å². The lowest BCUT2D eigenvalue weighted by Gasteiger charge is -2.39. The molecule has 0 amide bonds. The maximum Gasteiger partial charge on any atom is 0.0630 e. The second-order valence-corrected chi connectivity index (χ2v) is 7.20. The molecule has 0 aromatic carbocycles. The SMILES string of the molecule is CCCCCCCCC(O)[C@]1(CC(C)C)C=CCCC1. The van der Waals surface area contributed by atoms with Crippen LogP contribution in [0, 0.1) is 11.3 Å². The van der Waals surface area contributed by atoms with Gasteiger partial charge in [-0.15, -0.1) is 0 Å². The molecule has 1 N–H and O–H groups in total. The minimum Gasteiger partial charge on any atom is -0.392 e. The molecule has 0 saturated carbocycles. The van der Waals surface area contributed by atoms with Crippen LogP contribution < -0.4 is 0 Å². The van der Waals surface area contributed by atoms with E-state index >= 15 is 0 Å². The molecule has 1 heteroatoms. The fraction of sp³-hybridized carbons (Fsp3) is 0.895. The van der Waals surface area contributed by atoms with Crippen LogP contribution in [0.1, 0.15) is 91.4 Å². The van der Waals surface area contributed by atoms with Gasteiger partial charge in [-0.05, 0) is 38.0 Å². The summed E-state index contributed by atoms with van der Waals surface area (Å²) < 4.78 is 0. The van der Waals surface area contributed by atoms with Crippen molar-refractivity contribution in [3.05, 3.63) is 12.2 Å². The van der Waals surface area contributed by atoms with Gasteiger partial charge < -0.3 is 5.11 Å². The quantitative estimate of drug-likeness (QED) is 0.392. The lowest BCUT2D eigenvalue weighted by Crippen LogP contribution is -2.36. The zero-order chi connectivity index (χ0) is 14.8. The molecule has 1 aliphatic rings. The molecule has 0 heterocycles. The molecule has 1 aliphatic carbocycles.